The summed E-state index contributed by atoms with van der Waals surface area (Å²) >= 11 is 5.14. The second-order valence-corrected chi connectivity index (χ2v) is 4.37. The average Bonchev–Trinajstić information content (AvgIpc) is 1.99. The Bertz CT molecular complexity index is 211. The zero-order chi connectivity index (χ0) is 8.74. The van der Waals surface area contributed by atoms with Crippen LogP contribution >= 0.6 is 11.6 Å². The van der Waals surface area contributed by atoms with Crippen LogP contribution in [0.1, 0.15) is 13.3 Å². The van der Waals surface area contributed by atoms with E-state index in [0.29, 0.717) is 13.0 Å². The molecule has 0 aromatic heterocycles. The minimum atomic E-state index is -3.22. The van der Waals surface area contributed by atoms with Gasteiger partial charge < -0.3 is 0 Å². The summed E-state index contributed by atoms with van der Waals surface area (Å²) in [6.45, 7) is 2.30. The fourth-order valence-corrected chi connectivity index (χ4v) is 1.24. The van der Waals surface area contributed by atoms with Crippen LogP contribution in [0, 0.1) is 0 Å². The molecule has 66 valence electrons. The van der Waals surface area contributed by atoms with Gasteiger partial charge in [-0.1, -0.05) is 12.2 Å². The second-order valence-electron chi connectivity index (χ2n) is 1.98. The largest absolute Gasteiger partial charge is 0.225 e. The lowest BCUT2D eigenvalue weighted by Crippen LogP contribution is -2.25. The molecule has 1 N–H and O–H groups in total. The van der Waals surface area contributed by atoms with Gasteiger partial charge in [-0.25, -0.2) is 13.1 Å². The first-order chi connectivity index (χ1) is 5.12. The molecule has 3 nitrogen and oxygen atoms in total. The lowest BCUT2D eigenvalue weighted by Gasteiger charge is -1.99. The number of allylic oxidation sites excluding steroid dienone is 1. The highest BCUT2D eigenvalue weighted by Gasteiger charge is 2.04. The van der Waals surface area contributed by atoms with Crippen molar-refractivity contribution in [3.63, 3.8) is 0 Å². The van der Waals surface area contributed by atoms with Crippen molar-refractivity contribution in [1.29, 1.82) is 0 Å². The van der Waals surface area contributed by atoms with E-state index in [-0.39, 0.29) is 5.21 Å². The van der Waals surface area contributed by atoms with E-state index >= 15 is 0 Å². The van der Waals surface area contributed by atoms with Gasteiger partial charge in [-0.2, -0.15) is 0 Å². The highest BCUT2D eigenvalue weighted by molar-refractivity contribution is 7.90. The lowest BCUT2D eigenvalue weighted by molar-refractivity contribution is 0.587. The van der Waals surface area contributed by atoms with Crippen molar-refractivity contribution >= 4 is 21.6 Å². The van der Waals surface area contributed by atoms with E-state index in [2.05, 4.69) is 4.72 Å². The summed E-state index contributed by atoms with van der Waals surface area (Å²) in [6.07, 6.45) is 4.46. The molecule has 0 unspecified atom stereocenters. The van der Waals surface area contributed by atoms with Crippen molar-refractivity contribution in [1.82, 2.24) is 4.72 Å². The van der Waals surface area contributed by atoms with Crippen molar-refractivity contribution in [2.45, 2.75) is 13.3 Å². The Hall–Kier alpha value is -0.0600. The van der Waals surface area contributed by atoms with E-state index in [1.54, 1.807) is 0 Å². The maximum Gasteiger partial charge on any atom is 0.225 e. The molecule has 0 heterocycles. The summed E-state index contributed by atoms with van der Waals surface area (Å²) in [7, 11) is -3.22. The van der Waals surface area contributed by atoms with Crippen LogP contribution in [0.3, 0.4) is 0 Å². The van der Waals surface area contributed by atoms with Gasteiger partial charge in [0, 0.05) is 6.54 Å². The van der Waals surface area contributed by atoms with E-state index in [9.17, 15) is 8.42 Å². The molecule has 0 atom stereocenters. The van der Waals surface area contributed by atoms with Crippen molar-refractivity contribution in [2.24, 2.45) is 0 Å². The average molecular weight is 198 g/mol. The van der Waals surface area contributed by atoms with Gasteiger partial charge in [-0.05, 0) is 13.3 Å². The van der Waals surface area contributed by atoms with Gasteiger partial charge in [-0.15, -0.1) is 11.6 Å². The first-order valence-electron chi connectivity index (χ1n) is 3.27. The minimum Gasteiger partial charge on any atom is -0.214 e. The Morgan fingerprint density at radius 2 is 2.18 bits per heavy atom. The molecule has 11 heavy (non-hydrogen) atoms. The number of halogens is 1. The number of rotatable bonds is 5. The van der Waals surface area contributed by atoms with Gasteiger partial charge in [0.1, 0.15) is 5.21 Å². The number of alkyl halides is 1. The summed E-state index contributed by atoms with van der Waals surface area (Å²) in [5.74, 6) is 0. The maximum atomic E-state index is 10.7. The number of sulfonamides is 1. The number of hydrogen-bond acceptors (Lipinski definition) is 2. The first-order valence-corrected chi connectivity index (χ1v) is 5.45. The van der Waals surface area contributed by atoms with Crippen molar-refractivity contribution < 1.29 is 8.42 Å². The molecule has 0 aromatic rings. The molecule has 5 heteroatoms. The third-order valence-electron chi connectivity index (χ3n) is 1.01. The van der Waals surface area contributed by atoms with Gasteiger partial charge in [-0.3, -0.25) is 0 Å². The monoisotopic (exact) mass is 197 g/mol. The first kappa shape index (κ1) is 10.9. The fourth-order valence-electron chi connectivity index (χ4n) is 0.503. The summed E-state index contributed by atoms with van der Waals surface area (Å²) in [5.41, 5.74) is 0. The van der Waals surface area contributed by atoms with Crippen LogP contribution in [0.5, 0.6) is 0 Å². The molecular formula is C6H12ClNO2S. The van der Waals surface area contributed by atoms with E-state index in [1.807, 2.05) is 19.1 Å². The van der Waals surface area contributed by atoms with Gasteiger partial charge in [0.2, 0.25) is 10.0 Å². The molecule has 0 fully saturated rings. The molecule has 0 aliphatic rings. The zero-order valence-corrected chi connectivity index (χ0v) is 7.95. The van der Waals surface area contributed by atoms with Gasteiger partial charge in [0.05, 0.1) is 0 Å². The molecule has 0 saturated heterocycles. The van der Waals surface area contributed by atoms with Gasteiger partial charge >= 0.3 is 0 Å². The SMILES string of the molecule is C/C=C/CCNS(=O)(=O)CCl. The Morgan fingerprint density at radius 3 is 2.64 bits per heavy atom. The highest BCUT2D eigenvalue weighted by Crippen LogP contribution is 1.88. The molecule has 0 rings (SSSR count). The number of hydrogen-bond donors (Lipinski definition) is 1. The van der Waals surface area contributed by atoms with Gasteiger partial charge in [0.15, 0.2) is 0 Å². The van der Waals surface area contributed by atoms with E-state index < -0.39 is 10.0 Å². The normalized spacial score (nSPS) is 12.5. The maximum absolute atomic E-state index is 10.7. The summed E-state index contributed by atoms with van der Waals surface area (Å²) < 4.78 is 23.7. The molecule has 0 aliphatic carbocycles. The van der Waals surface area contributed by atoms with Crippen LogP contribution < -0.4 is 4.72 Å². The van der Waals surface area contributed by atoms with E-state index in [4.69, 9.17) is 11.6 Å². The standard InChI is InChI=1S/C6H12ClNO2S/c1-2-3-4-5-8-11(9,10)6-7/h2-3,8H,4-6H2,1H3/b3-2+. The zero-order valence-electron chi connectivity index (χ0n) is 6.38. The molecule has 0 saturated carbocycles. The van der Waals surface area contributed by atoms with Crippen molar-refractivity contribution in [2.75, 3.05) is 11.8 Å². The topological polar surface area (TPSA) is 46.2 Å². The minimum absolute atomic E-state index is 0.372. The third kappa shape index (κ3) is 6.34. The molecule has 0 radical (unpaired) electrons. The Balaban J connectivity index is 3.55. The molecule has 0 amide bonds. The van der Waals surface area contributed by atoms with Crippen molar-refractivity contribution in [3.8, 4) is 0 Å². The molecule has 0 aliphatic heterocycles. The lowest BCUT2D eigenvalue weighted by atomic mass is 10.4. The highest BCUT2D eigenvalue weighted by atomic mass is 35.5. The van der Waals surface area contributed by atoms with Crippen LogP contribution in [0.25, 0.3) is 0 Å². The Morgan fingerprint density at radius 1 is 1.55 bits per heavy atom. The molecule has 0 aromatic carbocycles. The quantitative estimate of drug-likeness (QED) is 0.407. The summed E-state index contributed by atoms with van der Waals surface area (Å²) in [5, 5.41) is -0.372. The smallest absolute Gasteiger partial charge is 0.214 e. The van der Waals surface area contributed by atoms with Crippen LogP contribution in [0.2, 0.25) is 0 Å². The molecular weight excluding hydrogens is 186 g/mol. The third-order valence-corrected chi connectivity index (χ3v) is 2.81. The molecule has 0 spiro atoms. The van der Waals surface area contributed by atoms with E-state index in [0.717, 1.165) is 0 Å². The Labute approximate surface area is 72.5 Å². The second kappa shape index (κ2) is 5.57. The van der Waals surface area contributed by atoms with Crippen LogP contribution in [0.4, 0.5) is 0 Å². The Kier molecular flexibility index (Phi) is 5.54. The van der Waals surface area contributed by atoms with Crippen LogP contribution in [-0.2, 0) is 10.0 Å². The van der Waals surface area contributed by atoms with E-state index in [1.165, 1.54) is 0 Å². The van der Waals surface area contributed by atoms with Gasteiger partial charge in [0.25, 0.3) is 0 Å². The van der Waals surface area contributed by atoms with Crippen LogP contribution in [0.15, 0.2) is 12.2 Å². The predicted octanol–water partition coefficient (Wildman–Crippen LogP) is 1.07. The van der Waals surface area contributed by atoms with Crippen LogP contribution in [-0.4, -0.2) is 20.2 Å². The van der Waals surface area contributed by atoms with Crippen molar-refractivity contribution in [3.05, 3.63) is 12.2 Å². The summed E-state index contributed by atoms with van der Waals surface area (Å²) in [6, 6.07) is 0. The summed E-state index contributed by atoms with van der Waals surface area (Å²) in [4.78, 5) is 0. The molecule has 0 bridgehead atoms. The predicted molar refractivity (Wildman–Crippen MR) is 47.1 cm³/mol. The number of nitrogens with one attached hydrogen (secondary N) is 1. The fraction of sp³-hybridized carbons (Fsp3) is 0.667.